The quantitative estimate of drug-likeness (QED) is 0.536. The van der Waals surface area contributed by atoms with Gasteiger partial charge < -0.3 is 10.6 Å². The number of nitrogens with zero attached hydrogens (tertiary/aromatic N) is 4. The number of hydrogen-bond donors (Lipinski definition) is 2. The van der Waals surface area contributed by atoms with Crippen LogP contribution in [0.2, 0.25) is 0 Å². The molecule has 0 saturated carbocycles. The van der Waals surface area contributed by atoms with Crippen molar-refractivity contribution in [3.05, 3.63) is 90.8 Å². The van der Waals surface area contributed by atoms with E-state index in [9.17, 15) is 4.79 Å². The number of carbonyl (C=O) groups excluding carboxylic acids is 1. The number of pyridine rings is 2. The first-order valence-electron chi connectivity index (χ1n) is 9.02. The topological polar surface area (TPSA) is 92.7 Å². The SMILES string of the molecule is Cc1cnc(C(=O)Nc2cc(-c3ccnc(Nc4ccccc4)c3)ccn2)cn1. The molecule has 1 amide bonds. The number of hydrogen-bond acceptors (Lipinski definition) is 6. The Hall–Kier alpha value is -4.13. The molecule has 142 valence electrons. The lowest BCUT2D eigenvalue weighted by molar-refractivity contribution is 0.102. The maximum Gasteiger partial charge on any atom is 0.277 e. The van der Waals surface area contributed by atoms with Crippen LogP contribution in [-0.2, 0) is 0 Å². The minimum Gasteiger partial charge on any atom is -0.340 e. The van der Waals surface area contributed by atoms with Gasteiger partial charge in [-0.15, -0.1) is 0 Å². The Kier molecular flexibility index (Phi) is 5.20. The fourth-order valence-electron chi connectivity index (χ4n) is 2.72. The molecule has 0 unspecified atom stereocenters. The van der Waals surface area contributed by atoms with Gasteiger partial charge in [0.15, 0.2) is 0 Å². The zero-order valence-corrected chi connectivity index (χ0v) is 15.7. The highest BCUT2D eigenvalue weighted by molar-refractivity contribution is 6.02. The molecule has 0 bridgehead atoms. The minimum absolute atomic E-state index is 0.237. The summed E-state index contributed by atoms with van der Waals surface area (Å²) >= 11 is 0. The van der Waals surface area contributed by atoms with Gasteiger partial charge in [0.1, 0.15) is 17.3 Å². The van der Waals surface area contributed by atoms with Crippen LogP contribution in [0.1, 0.15) is 16.2 Å². The Morgan fingerprint density at radius 2 is 1.48 bits per heavy atom. The summed E-state index contributed by atoms with van der Waals surface area (Å²) < 4.78 is 0. The van der Waals surface area contributed by atoms with Crippen molar-refractivity contribution in [3.63, 3.8) is 0 Å². The molecule has 0 fully saturated rings. The van der Waals surface area contributed by atoms with Gasteiger partial charge in [-0.3, -0.25) is 9.78 Å². The van der Waals surface area contributed by atoms with Crippen molar-refractivity contribution in [2.75, 3.05) is 10.6 Å². The van der Waals surface area contributed by atoms with E-state index in [4.69, 9.17) is 0 Å². The summed E-state index contributed by atoms with van der Waals surface area (Å²) in [6, 6.07) is 17.4. The number of nitrogens with one attached hydrogen (secondary N) is 2. The van der Waals surface area contributed by atoms with Gasteiger partial charge in [-0.2, -0.15) is 0 Å². The molecule has 0 aliphatic rings. The zero-order chi connectivity index (χ0) is 20.1. The first-order chi connectivity index (χ1) is 14.2. The van der Waals surface area contributed by atoms with Gasteiger partial charge in [0.25, 0.3) is 5.91 Å². The summed E-state index contributed by atoms with van der Waals surface area (Å²) in [5.41, 5.74) is 3.80. The smallest absolute Gasteiger partial charge is 0.277 e. The van der Waals surface area contributed by atoms with Gasteiger partial charge in [0.2, 0.25) is 0 Å². The molecule has 29 heavy (non-hydrogen) atoms. The predicted octanol–water partition coefficient (Wildman–Crippen LogP) is 4.24. The van der Waals surface area contributed by atoms with Crippen molar-refractivity contribution in [2.24, 2.45) is 0 Å². The van der Waals surface area contributed by atoms with Crippen LogP contribution < -0.4 is 10.6 Å². The lowest BCUT2D eigenvalue weighted by atomic mass is 10.1. The van der Waals surface area contributed by atoms with Crippen LogP contribution in [0, 0.1) is 6.92 Å². The molecule has 0 spiro atoms. The standard InChI is InChI=1S/C22H18N6O/c1-15-13-26-19(14-25-15)22(29)28-21-12-17(8-10-24-21)16-7-9-23-20(11-16)27-18-5-3-2-4-6-18/h2-14H,1H3,(H,23,27)(H,24,28,29). The molecule has 7 heteroatoms. The number of anilines is 3. The van der Waals surface area contributed by atoms with Crippen molar-refractivity contribution >= 4 is 23.2 Å². The summed E-state index contributed by atoms with van der Waals surface area (Å²) in [6.07, 6.45) is 6.38. The Balaban J connectivity index is 1.53. The average molecular weight is 382 g/mol. The van der Waals surface area contributed by atoms with Gasteiger partial charge in [-0.25, -0.2) is 15.0 Å². The molecule has 0 atom stereocenters. The predicted molar refractivity (Wildman–Crippen MR) is 112 cm³/mol. The fraction of sp³-hybridized carbons (Fsp3) is 0.0455. The summed E-state index contributed by atoms with van der Waals surface area (Å²) in [5, 5.41) is 6.03. The second-order valence-corrected chi connectivity index (χ2v) is 6.35. The van der Waals surface area contributed by atoms with E-state index in [2.05, 4.69) is 30.6 Å². The van der Waals surface area contributed by atoms with Gasteiger partial charge >= 0.3 is 0 Å². The first kappa shape index (κ1) is 18.2. The van der Waals surface area contributed by atoms with Crippen LogP contribution in [0.5, 0.6) is 0 Å². The summed E-state index contributed by atoms with van der Waals surface area (Å²) in [6.45, 7) is 1.81. The normalized spacial score (nSPS) is 10.4. The van der Waals surface area contributed by atoms with Gasteiger partial charge in [0, 0.05) is 24.3 Å². The maximum absolute atomic E-state index is 12.4. The van der Waals surface area contributed by atoms with E-state index in [1.54, 1.807) is 24.7 Å². The number of para-hydroxylation sites is 1. The molecule has 0 aliphatic heterocycles. The number of rotatable bonds is 5. The van der Waals surface area contributed by atoms with Crippen LogP contribution >= 0.6 is 0 Å². The highest BCUT2D eigenvalue weighted by Gasteiger charge is 2.10. The highest BCUT2D eigenvalue weighted by atomic mass is 16.1. The lowest BCUT2D eigenvalue weighted by Gasteiger charge is -2.09. The molecular formula is C22H18N6O. The minimum atomic E-state index is -0.358. The Labute approximate surface area is 167 Å². The Bertz CT molecular complexity index is 1130. The second-order valence-electron chi connectivity index (χ2n) is 6.35. The molecule has 3 aromatic heterocycles. The number of carbonyl (C=O) groups is 1. The first-order valence-corrected chi connectivity index (χ1v) is 9.02. The lowest BCUT2D eigenvalue weighted by Crippen LogP contribution is -2.15. The van der Waals surface area contributed by atoms with Crippen LogP contribution in [0.4, 0.5) is 17.3 Å². The van der Waals surface area contributed by atoms with Crippen molar-refractivity contribution in [1.29, 1.82) is 0 Å². The third kappa shape index (κ3) is 4.59. The third-order valence-electron chi connectivity index (χ3n) is 4.15. The number of aromatic nitrogens is 4. The number of aryl methyl sites for hydroxylation is 1. The Morgan fingerprint density at radius 3 is 2.17 bits per heavy atom. The van der Waals surface area contributed by atoms with Crippen molar-refractivity contribution in [2.45, 2.75) is 6.92 Å². The van der Waals surface area contributed by atoms with E-state index in [0.717, 1.165) is 28.3 Å². The van der Waals surface area contributed by atoms with E-state index < -0.39 is 0 Å². The van der Waals surface area contributed by atoms with Crippen molar-refractivity contribution in [3.8, 4) is 11.1 Å². The van der Waals surface area contributed by atoms with E-state index in [1.165, 1.54) is 6.20 Å². The van der Waals surface area contributed by atoms with Crippen molar-refractivity contribution in [1.82, 2.24) is 19.9 Å². The van der Waals surface area contributed by atoms with Crippen LogP contribution in [-0.4, -0.2) is 25.8 Å². The zero-order valence-electron chi connectivity index (χ0n) is 15.7. The molecule has 0 radical (unpaired) electrons. The molecular weight excluding hydrogens is 364 g/mol. The van der Waals surface area contributed by atoms with Crippen LogP contribution in [0.15, 0.2) is 79.4 Å². The van der Waals surface area contributed by atoms with Gasteiger partial charge in [-0.1, -0.05) is 18.2 Å². The summed E-state index contributed by atoms with van der Waals surface area (Å²) in [7, 11) is 0. The largest absolute Gasteiger partial charge is 0.340 e. The average Bonchev–Trinajstić information content (AvgIpc) is 2.75. The molecule has 3 heterocycles. The fourth-order valence-corrected chi connectivity index (χ4v) is 2.72. The van der Waals surface area contributed by atoms with Gasteiger partial charge in [0.05, 0.1) is 11.9 Å². The molecule has 4 aromatic rings. The monoisotopic (exact) mass is 382 g/mol. The molecule has 7 nitrogen and oxygen atoms in total. The van der Waals surface area contributed by atoms with E-state index in [0.29, 0.717) is 5.82 Å². The van der Waals surface area contributed by atoms with Crippen LogP contribution in [0.3, 0.4) is 0 Å². The molecule has 2 N–H and O–H groups in total. The van der Waals surface area contributed by atoms with E-state index >= 15 is 0 Å². The van der Waals surface area contributed by atoms with E-state index in [-0.39, 0.29) is 11.6 Å². The van der Waals surface area contributed by atoms with Gasteiger partial charge in [-0.05, 0) is 54.4 Å². The second kappa shape index (κ2) is 8.26. The Morgan fingerprint density at radius 1 is 0.793 bits per heavy atom. The summed E-state index contributed by atoms with van der Waals surface area (Å²) in [4.78, 5) is 29.1. The molecule has 4 rings (SSSR count). The van der Waals surface area contributed by atoms with Crippen molar-refractivity contribution < 1.29 is 4.79 Å². The summed E-state index contributed by atoms with van der Waals surface area (Å²) in [5.74, 6) is 0.804. The molecule has 0 aliphatic carbocycles. The molecule has 0 saturated heterocycles. The molecule has 1 aromatic carbocycles. The van der Waals surface area contributed by atoms with Crippen LogP contribution in [0.25, 0.3) is 11.1 Å². The number of amides is 1. The third-order valence-corrected chi connectivity index (χ3v) is 4.15. The highest BCUT2D eigenvalue weighted by Crippen LogP contribution is 2.24. The number of benzene rings is 1. The van der Waals surface area contributed by atoms with E-state index in [1.807, 2.05) is 55.5 Å². The maximum atomic E-state index is 12.4.